The van der Waals surface area contributed by atoms with Crippen LogP contribution in [0.15, 0.2) is 0 Å². The Bertz CT molecular complexity index is 114. The molecule has 0 amide bonds. The molecular weight excluding hydrogens is 202 g/mol. The van der Waals surface area contributed by atoms with Crippen LogP contribution in [0.25, 0.3) is 0 Å². The molecule has 0 bridgehead atoms. The van der Waals surface area contributed by atoms with Gasteiger partial charge in [-0.1, -0.05) is 0 Å². The van der Waals surface area contributed by atoms with Gasteiger partial charge >= 0.3 is 0 Å². The van der Waals surface area contributed by atoms with E-state index in [9.17, 15) is 0 Å². The first-order valence-corrected chi connectivity index (χ1v) is 5.70. The number of halogens is 1. The molecule has 0 saturated carbocycles. The summed E-state index contributed by atoms with van der Waals surface area (Å²) in [6, 6.07) is 0.517. The monoisotopic (exact) mass is 223 g/mol. The van der Waals surface area contributed by atoms with Gasteiger partial charge in [-0.15, -0.1) is 11.6 Å². The second-order valence-corrected chi connectivity index (χ2v) is 3.67. The summed E-state index contributed by atoms with van der Waals surface area (Å²) in [5.74, 6) is 0.581. The quantitative estimate of drug-likeness (QED) is 0.451. The molecular formula is C10H22ClNO2. The molecule has 0 aromatic rings. The van der Waals surface area contributed by atoms with E-state index in [2.05, 4.69) is 12.2 Å². The predicted octanol–water partition coefficient (Wildman–Crippen LogP) is 1.65. The fraction of sp³-hybridized carbons (Fsp3) is 1.00. The second kappa shape index (κ2) is 11.2. The van der Waals surface area contributed by atoms with Crippen molar-refractivity contribution in [1.82, 2.24) is 5.32 Å². The SMILES string of the molecule is COCCC(C)NCCCOCCCl. The van der Waals surface area contributed by atoms with Gasteiger partial charge in [-0.2, -0.15) is 0 Å². The summed E-state index contributed by atoms with van der Waals surface area (Å²) in [7, 11) is 1.73. The summed E-state index contributed by atoms with van der Waals surface area (Å²) < 4.78 is 10.2. The standard InChI is InChI=1S/C10H22ClNO2/c1-10(4-8-13-2)12-6-3-7-14-9-5-11/h10,12H,3-9H2,1-2H3. The summed E-state index contributed by atoms with van der Waals surface area (Å²) in [5, 5.41) is 3.40. The van der Waals surface area contributed by atoms with Gasteiger partial charge in [0.25, 0.3) is 0 Å². The molecule has 3 nitrogen and oxygen atoms in total. The maximum absolute atomic E-state index is 5.47. The van der Waals surface area contributed by atoms with Crippen LogP contribution in [0.5, 0.6) is 0 Å². The Hall–Kier alpha value is 0.170. The second-order valence-electron chi connectivity index (χ2n) is 3.29. The van der Waals surface area contributed by atoms with E-state index in [1.54, 1.807) is 7.11 Å². The molecule has 14 heavy (non-hydrogen) atoms. The van der Waals surface area contributed by atoms with E-state index < -0.39 is 0 Å². The molecule has 1 unspecified atom stereocenters. The van der Waals surface area contributed by atoms with Gasteiger partial charge in [0.05, 0.1) is 6.61 Å². The molecule has 0 aliphatic rings. The average molecular weight is 224 g/mol. The van der Waals surface area contributed by atoms with Crippen LogP contribution in [-0.4, -0.2) is 45.4 Å². The number of rotatable bonds is 10. The highest BCUT2D eigenvalue weighted by atomic mass is 35.5. The number of nitrogens with one attached hydrogen (secondary N) is 1. The van der Waals surface area contributed by atoms with Gasteiger partial charge in [-0.25, -0.2) is 0 Å². The van der Waals surface area contributed by atoms with Gasteiger partial charge in [-0.05, 0) is 26.3 Å². The van der Waals surface area contributed by atoms with Crippen LogP contribution in [0.1, 0.15) is 19.8 Å². The molecule has 0 radical (unpaired) electrons. The van der Waals surface area contributed by atoms with Crippen LogP contribution in [0.4, 0.5) is 0 Å². The minimum absolute atomic E-state index is 0.517. The number of hydrogen-bond donors (Lipinski definition) is 1. The highest BCUT2D eigenvalue weighted by Gasteiger charge is 1.99. The molecule has 4 heteroatoms. The van der Waals surface area contributed by atoms with Gasteiger partial charge in [0.1, 0.15) is 0 Å². The van der Waals surface area contributed by atoms with Gasteiger partial charge in [0, 0.05) is 32.2 Å². The van der Waals surface area contributed by atoms with Crippen LogP contribution >= 0.6 is 11.6 Å². The van der Waals surface area contributed by atoms with E-state index in [1.165, 1.54) is 0 Å². The molecule has 0 saturated heterocycles. The van der Waals surface area contributed by atoms with Crippen molar-refractivity contribution < 1.29 is 9.47 Å². The molecule has 1 atom stereocenters. The molecule has 0 rings (SSSR count). The third kappa shape index (κ3) is 10.3. The van der Waals surface area contributed by atoms with E-state index >= 15 is 0 Å². The van der Waals surface area contributed by atoms with Gasteiger partial charge in [-0.3, -0.25) is 0 Å². The first-order valence-electron chi connectivity index (χ1n) is 5.17. The van der Waals surface area contributed by atoms with Crippen molar-refractivity contribution >= 4 is 11.6 Å². The number of ether oxygens (including phenoxy) is 2. The fourth-order valence-electron chi connectivity index (χ4n) is 1.08. The van der Waals surface area contributed by atoms with E-state index in [0.717, 1.165) is 32.6 Å². The van der Waals surface area contributed by atoms with Crippen LogP contribution in [0.2, 0.25) is 0 Å². The van der Waals surface area contributed by atoms with Crippen LogP contribution < -0.4 is 5.32 Å². The normalized spacial score (nSPS) is 13.1. The smallest absolute Gasteiger partial charge is 0.0601 e. The van der Waals surface area contributed by atoms with Gasteiger partial charge < -0.3 is 14.8 Å². The lowest BCUT2D eigenvalue weighted by Gasteiger charge is -2.12. The zero-order chi connectivity index (χ0) is 10.6. The summed E-state index contributed by atoms with van der Waals surface area (Å²) in [6.07, 6.45) is 2.09. The van der Waals surface area contributed by atoms with Crippen molar-refractivity contribution in [2.24, 2.45) is 0 Å². The number of hydrogen-bond acceptors (Lipinski definition) is 3. The zero-order valence-corrected chi connectivity index (χ0v) is 9.98. The molecule has 1 N–H and O–H groups in total. The number of alkyl halides is 1. The Balaban J connectivity index is 3.02. The van der Waals surface area contributed by atoms with Gasteiger partial charge in [0.2, 0.25) is 0 Å². The van der Waals surface area contributed by atoms with Crippen molar-refractivity contribution in [3.8, 4) is 0 Å². The zero-order valence-electron chi connectivity index (χ0n) is 9.22. The lowest BCUT2D eigenvalue weighted by molar-refractivity contribution is 0.144. The van der Waals surface area contributed by atoms with E-state index in [1.807, 2.05) is 0 Å². The summed E-state index contributed by atoms with van der Waals surface area (Å²) >= 11 is 5.47. The number of methoxy groups -OCH3 is 1. The van der Waals surface area contributed by atoms with Crippen LogP contribution in [0.3, 0.4) is 0 Å². The molecule has 0 spiro atoms. The Labute approximate surface area is 92.1 Å². The highest BCUT2D eigenvalue weighted by Crippen LogP contribution is 1.91. The Morgan fingerprint density at radius 2 is 2.07 bits per heavy atom. The first kappa shape index (κ1) is 14.2. The third-order valence-electron chi connectivity index (χ3n) is 1.93. The minimum Gasteiger partial charge on any atom is -0.385 e. The Morgan fingerprint density at radius 3 is 2.71 bits per heavy atom. The maximum atomic E-state index is 5.47. The first-order chi connectivity index (χ1) is 6.81. The topological polar surface area (TPSA) is 30.5 Å². The van der Waals surface area contributed by atoms with Gasteiger partial charge in [0.15, 0.2) is 0 Å². The molecule has 0 fully saturated rings. The van der Waals surface area contributed by atoms with Crippen LogP contribution in [0, 0.1) is 0 Å². The lowest BCUT2D eigenvalue weighted by atomic mass is 10.2. The van der Waals surface area contributed by atoms with E-state index in [0.29, 0.717) is 18.5 Å². The Morgan fingerprint density at radius 1 is 1.29 bits per heavy atom. The molecule has 0 heterocycles. The van der Waals surface area contributed by atoms with Crippen molar-refractivity contribution in [3.63, 3.8) is 0 Å². The van der Waals surface area contributed by atoms with E-state index in [-0.39, 0.29) is 0 Å². The van der Waals surface area contributed by atoms with Crippen molar-refractivity contribution in [2.45, 2.75) is 25.8 Å². The largest absolute Gasteiger partial charge is 0.385 e. The van der Waals surface area contributed by atoms with Crippen molar-refractivity contribution in [2.75, 3.05) is 39.4 Å². The molecule has 0 aliphatic heterocycles. The average Bonchev–Trinajstić information content (AvgIpc) is 2.20. The highest BCUT2D eigenvalue weighted by molar-refractivity contribution is 6.17. The summed E-state index contributed by atoms with van der Waals surface area (Å²) in [6.45, 7) is 5.42. The summed E-state index contributed by atoms with van der Waals surface area (Å²) in [5.41, 5.74) is 0. The fourth-order valence-corrected chi connectivity index (χ4v) is 1.19. The van der Waals surface area contributed by atoms with Crippen molar-refractivity contribution in [1.29, 1.82) is 0 Å². The molecule has 0 aliphatic carbocycles. The van der Waals surface area contributed by atoms with Crippen molar-refractivity contribution in [3.05, 3.63) is 0 Å². The summed E-state index contributed by atoms with van der Waals surface area (Å²) in [4.78, 5) is 0. The Kier molecular flexibility index (Phi) is 11.4. The van der Waals surface area contributed by atoms with E-state index in [4.69, 9.17) is 21.1 Å². The predicted molar refractivity (Wildman–Crippen MR) is 60.1 cm³/mol. The molecule has 86 valence electrons. The molecule has 0 aromatic heterocycles. The third-order valence-corrected chi connectivity index (χ3v) is 2.09. The molecule has 0 aromatic carbocycles. The maximum Gasteiger partial charge on any atom is 0.0601 e. The van der Waals surface area contributed by atoms with Crippen LogP contribution in [-0.2, 0) is 9.47 Å². The minimum atomic E-state index is 0.517. The lowest BCUT2D eigenvalue weighted by Crippen LogP contribution is -2.28.